The second-order valence-electron chi connectivity index (χ2n) is 4.95. The highest BCUT2D eigenvalue weighted by Gasteiger charge is 2.16. The summed E-state index contributed by atoms with van der Waals surface area (Å²) in [6, 6.07) is 0. The van der Waals surface area contributed by atoms with E-state index >= 15 is 0 Å². The van der Waals surface area contributed by atoms with Gasteiger partial charge in [0.1, 0.15) is 0 Å². The van der Waals surface area contributed by atoms with Crippen LogP contribution in [0.4, 0.5) is 5.69 Å². The number of rotatable bonds is 5. The first-order valence-corrected chi connectivity index (χ1v) is 6.20. The van der Waals surface area contributed by atoms with Gasteiger partial charge in [0.15, 0.2) is 0 Å². The van der Waals surface area contributed by atoms with E-state index in [0.717, 1.165) is 24.7 Å². The van der Waals surface area contributed by atoms with Gasteiger partial charge in [0.2, 0.25) is 0 Å². The van der Waals surface area contributed by atoms with Crippen molar-refractivity contribution >= 4 is 5.69 Å². The van der Waals surface area contributed by atoms with Crippen molar-refractivity contribution in [1.29, 1.82) is 0 Å². The van der Waals surface area contributed by atoms with Gasteiger partial charge in [-0.15, -0.1) is 0 Å². The molecule has 0 bridgehead atoms. The van der Waals surface area contributed by atoms with Crippen LogP contribution in [0.5, 0.6) is 0 Å². The van der Waals surface area contributed by atoms with Crippen LogP contribution in [0.2, 0.25) is 0 Å². The zero-order valence-electron chi connectivity index (χ0n) is 10.1. The SMILES string of the molecule is CN(CCn1cc(N)cn1)CC1CCCC1. The summed E-state index contributed by atoms with van der Waals surface area (Å²) < 4.78 is 1.92. The molecule has 4 nitrogen and oxygen atoms in total. The standard InChI is InChI=1S/C12H22N4/c1-15(9-11-4-2-3-5-11)6-7-16-10-12(13)8-14-16/h8,10-11H,2-7,9,13H2,1H3. The zero-order chi connectivity index (χ0) is 11.4. The van der Waals surface area contributed by atoms with E-state index in [-0.39, 0.29) is 0 Å². The largest absolute Gasteiger partial charge is 0.396 e. The Morgan fingerprint density at radius 3 is 2.88 bits per heavy atom. The molecule has 1 aliphatic rings. The minimum atomic E-state index is 0.749. The summed E-state index contributed by atoms with van der Waals surface area (Å²) in [7, 11) is 2.20. The lowest BCUT2D eigenvalue weighted by molar-refractivity contribution is 0.264. The summed E-state index contributed by atoms with van der Waals surface area (Å²) in [4.78, 5) is 2.41. The van der Waals surface area contributed by atoms with Crippen LogP contribution in [0.3, 0.4) is 0 Å². The number of hydrogen-bond donors (Lipinski definition) is 1. The smallest absolute Gasteiger partial charge is 0.0719 e. The lowest BCUT2D eigenvalue weighted by atomic mass is 10.1. The second-order valence-corrected chi connectivity index (χ2v) is 4.95. The van der Waals surface area contributed by atoms with Crippen LogP contribution in [0.1, 0.15) is 25.7 Å². The minimum Gasteiger partial charge on any atom is -0.396 e. The Balaban J connectivity index is 1.68. The Kier molecular flexibility index (Phi) is 3.83. The van der Waals surface area contributed by atoms with Crippen LogP contribution in [0.25, 0.3) is 0 Å². The molecular weight excluding hydrogens is 200 g/mol. The normalized spacial score (nSPS) is 17.4. The molecule has 0 spiro atoms. The molecule has 2 N–H and O–H groups in total. The molecular formula is C12H22N4. The number of aromatic nitrogens is 2. The average Bonchev–Trinajstić information content (AvgIpc) is 2.87. The summed E-state index contributed by atoms with van der Waals surface area (Å²) in [5.74, 6) is 0.924. The molecule has 4 heteroatoms. The summed E-state index contributed by atoms with van der Waals surface area (Å²) in [6.07, 6.45) is 9.28. The fourth-order valence-electron chi connectivity index (χ4n) is 2.50. The van der Waals surface area contributed by atoms with Gasteiger partial charge in [-0.2, -0.15) is 5.10 Å². The predicted molar refractivity (Wildman–Crippen MR) is 66.1 cm³/mol. The molecule has 0 radical (unpaired) electrons. The van der Waals surface area contributed by atoms with E-state index in [1.165, 1.54) is 32.2 Å². The van der Waals surface area contributed by atoms with Gasteiger partial charge < -0.3 is 10.6 Å². The Morgan fingerprint density at radius 1 is 1.50 bits per heavy atom. The Labute approximate surface area is 97.4 Å². The Morgan fingerprint density at radius 2 is 2.25 bits per heavy atom. The maximum absolute atomic E-state index is 5.62. The van der Waals surface area contributed by atoms with Crippen LogP contribution in [0.15, 0.2) is 12.4 Å². The second kappa shape index (κ2) is 5.34. The van der Waals surface area contributed by atoms with Crippen LogP contribution in [-0.4, -0.2) is 34.8 Å². The highest BCUT2D eigenvalue weighted by Crippen LogP contribution is 2.24. The lowest BCUT2D eigenvalue weighted by Crippen LogP contribution is -2.28. The number of nitrogens with two attached hydrogens (primary N) is 1. The third kappa shape index (κ3) is 3.23. The number of likely N-dealkylation sites (N-methyl/N-ethyl adjacent to an activating group) is 1. The summed E-state index contributed by atoms with van der Waals surface area (Å²) in [6.45, 7) is 3.22. The number of anilines is 1. The van der Waals surface area contributed by atoms with Crippen molar-refractivity contribution in [2.24, 2.45) is 5.92 Å². The molecule has 1 fully saturated rings. The van der Waals surface area contributed by atoms with Gasteiger partial charge in [-0.25, -0.2) is 0 Å². The monoisotopic (exact) mass is 222 g/mol. The number of nitrogen functional groups attached to an aromatic ring is 1. The molecule has 0 amide bonds. The minimum absolute atomic E-state index is 0.749. The van der Waals surface area contributed by atoms with Gasteiger partial charge in [-0.05, 0) is 25.8 Å². The molecule has 1 aliphatic carbocycles. The molecule has 0 aromatic carbocycles. The highest BCUT2D eigenvalue weighted by atomic mass is 15.3. The van der Waals surface area contributed by atoms with Crippen LogP contribution >= 0.6 is 0 Å². The third-order valence-electron chi connectivity index (χ3n) is 3.41. The van der Waals surface area contributed by atoms with E-state index < -0.39 is 0 Å². The summed E-state index contributed by atoms with van der Waals surface area (Å²) in [5, 5.41) is 4.18. The van der Waals surface area contributed by atoms with Gasteiger partial charge in [-0.1, -0.05) is 12.8 Å². The Hall–Kier alpha value is -1.03. The van der Waals surface area contributed by atoms with Crippen molar-refractivity contribution in [2.75, 3.05) is 25.9 Å². The van der Waals surface area contributed by atoms with E-state index in [1.54, 1.807) is 6.20 Å². The first-order valence-electron chi connectivity index (χ1n) is 6.20. The van der Waals surface area contributed by atoms with Gasteiger partial charge in [0.25, 0.3) is 0 Å². The molecule has 0 atom stereocenters. The van der Waals surface area contributed by atoms with Crippen molar-refractivity contribution in [1.82, 2.24) is 14.7 Å². The van der Waals surface area contributed by atoms with Gasteiger partial charge in [-0.3, -0.25) is 4.68 Å². The molecule has 1 aromatic heterocycles. The van der Waals surface area contributed by atoms with Gasteiger partial charge >= 0.3 is 0 Å². The van der Waals surface area contributed by atoms with Crippen LogP contribution in [0, 0.1) is 5.92 Å². The number of nitrogens with zero attached hydrogens (tertiary/aromatic N) is 3. The van der Waals surface area contributed by atoms with E-state index in [0.29, 0.717) is 0 Å². The van der Waals surface area contributed by atoms with Crippen LogP contribution < -0.4 is 5.73 Å². The average molecular weight is 222 g/mol. The lowest BCUT2D eigenvalue weighted by Gasteiger charge is -2.20. The quantitative estimate of drug-likeness (QED) is 0.823. The van der Waals surface area contributed by atoms with E-state index in [9.17, 15) is 0 Å². The van der Waals surface area contributed by atoms with Gasteiger partial charge in [0, 0.05) is 19.3 Å². The molecule has 0 unspecified atom stereocenters. The molecule has 0 aliphatic heterocycles. The van der Waals surface area contributed by atoms with E-state index in [4.69, 9.17) is 5.73 Å². The summed E-state index contributed by atoms with van der Waals surface area (Å²) in [5.41, 5.74) is 6.37. The highest BCUT2D eigenvalue weighted by molar-refractivity contribution is 5.30. The maximum atomic E-state index is 5.62. The number of hydrogen-bond acceptors (Lipinski definition) is 3. The maximum Gasteiger partial charge on any atom is 0.0719 e. The van der Waals surface area contributed by atoms with Crippen LogP contribution in [-0.2, 0) is 6.54 Å². The van der Waals surface area contributed by atoms with E-state index in [2.05, 4.69) is 17.0 Å². The van der Waals surface area contributed by atoms with Crippen molar-refractivity contribution in [2.45, 2.75) is 32.2 Å². The van der Waals surface area contributed by atoms with Gasteiger partial charge in [0.05, 0.1) is 18.4 Å². The third-order valence-corrected chi connectivity index (χ3v) is 3.41. The first-order chi connectivity index (χ1) is 7.74. The van der Waals surface area contributed by atoms with E-state index in [1.807, 2.05) is 10.9 Å². The molecule has 2 rings (SSSR count). The Bertz CT molecular complexity index is 315. The molecule has 1 heterocycles. The summed E-state index contributed by atoms with van der Waals surface area (Å²) >= 11 is 0. The molecule has 90 valence electrons. The first kappa shape index (κ1) is 11.5. The van der Waals surface area contributed by atoms with Crippen molar-refractivity contribution < 1.29 is 0 Å². The fraction of sp³-hybridized carbons (Fsp3) is 0.750. The van der Waals surface area contributed by atoms with Crippen molar-refractivity contribution in [3.05, 3.63) is 12.4 Å². The molecule has 0 saturated heterocycles. The van der Waals surface area contributed by atoms with Crippen molar-refractivity contribution in [3.8, 4) is 0 Å². The predicted octanol–water partition coefficient (Wildman–Crippen LogP) is 1.59. The molecule has 1 saturated carbocycles. The fourth-order valence-corrected chi connectivity index (χ4v) is 2.50. The molecule has 16 heavy (non-hydrogen) atoms. The molecule has 1 aromatic rings. The zero-order valence-corrected chi connectivity index (χ0v) is 10.1. The van der Waals surface area contributed by atoms with Crippen molar-refractivity contribution in [3.63, 3.8) is 0 Å². The topological polar surface area (TPSA) is 47.1 Å².